The highest BCUT2D eigenvalue weighted by molar-refractivity contribution is 5.31. The molecule has 1 saturated carbocycles. The molecule has 2 N–H and O–H groups in total. The summed E-state index contributed by atoms with van der Waals surface area (Å²) in [5, 5.41) is 13.7. The summed E-state index contributed by atoms with van der Waals surface area (Å²) < 4.78 is 5.70. The standard InChI is InChI=1S/C15H23NO2/c1-3-16-11-10-15(2,17)12-4-6-13(7-5-12)18-14-8-9-14/h4-7,14,16-17H,3,8-11H2,1-2H3. The average Bonchev–Trinajstić information content (AvgIpc) is 3.14. The van der Waals surface area contributed by atoms with Crippen molar-refractivity contribution in [1.82, 2.24) is 5.32 Å². The van der Waals surface area contributed by atoms with Crippen LogP contribution in [0.15, 0.2) is 24.3 Å². The van der Waals surface area contributed by atoms with Crippen molar-refractivity contribution < 1.29 is 9.84 Å². The zero-order valence-electron chi connectivity index (χ0n) is 11.3. The van der Waals surface area contributed by atoms with Crippen molar-refractivity contribution in [2.45, 2.75) is 44.8 Å². The second kappa shape index (κ2) is 5.72. The summed E-state index contributed by atoms with van der Waals surface area (Å²) in [5.41, 5.74) is 0.170. The van der Waals surface area contributed by atoms with E-state index >= 15 is 0 Å². The van der Waals surface area contributed by atoms with Crippen LogP contribution in [0.3, 0.4) is 0 Å². The van der Waals surface area contributed by atoms with Crippen molar-refractivity contribution in [3.05, 3.63) is 29.8 Å². The van der Waals surface area contributed by atoms with Gasteiger partial charge in [0, 0.05) is 0 Å². The maximum absolute atomic E-state index is 10.4. The van der Waals surface area contributed by atoms with Crippen LogP contribution in [0.1, 0.15) is 38.7 Å². The number of rotatable bonds is 7. The fourth-order valence-electron chi connectivity index (χ4n) is 1.92. The molecule has 1 aliphatic rings. The van der Waals surface area contributed by atoms with E-state index in [1.165, 1.54) is 12.8 Å². The third kappa shape index (κ3) is 3.72. The minimum Gasteiger partial charge on any atom is -0.490 e. The molecule has 0 aromatic heterocycles. The maximum Gasteiger partial charge on any atom is 0.119 e. The minimum atomic E-state index is -0.777. The lowest BCUT2D eigenvalue weighted by Crippen LogP contribution is -2.27. The minimum absolute atomic E-state index is 0.421. The van der Waals surface area contributed by atoms with Crippen LogP contribution in [0.25, 0.3) is 0 Å². The summed E-state index contributed by atoms with van der Waals surface area (Å²) >= 11 is 0. The Kier molecular flexibility index (Phi) is 4.25. The molecule has 2 rings (SSSR count). The molecule has 18 heavy (non-hydrogen) atoms. The molecule has 3 nitrogen and oxygen atoms in total. The highest BCUT2D eigenvalue weighted by atomic mass is 16.5. The molecule has 0 bridgehead atoms. The molecule has 1 unspecified atom stereocenters. The van der Waals surface area contributed by atoms with Gasteiger partial charge in [0.1, 0.15) is 5.75 Å². The van der Waals surface area contributed by atoms with Gasteiger partial charge in [0.05, 0.1) is 11.7 Å². The predicted octanol–water partition coefficient (Wildman–Crippen LogP) is 2.43. The Morgan fingerprint density at radius 1 is 1.33 bits per heavy atom. The van der Waals surface area contributed by atoms with Gasteiger partial charge in [-0.3, -0.25) is 0 Å². The highest BCUT2D eigenvalue weighted by Gasteiger charge is 2.25. The van der Waals surface area contributed by atoms with Crippen molar-refractivity contribution in [3.8, 4) is 5.75 Å². The summed E-state index contributed by atoms with van der Waals surface area (Å²) in [5.74, 6) is 0.906. The quantitative estimate of drug-likeness (QED) is 0.729. The topological polar surface area (TPSA) is 41.5 Å². The van der Waals surface area contributed by atoms with E-state index in [4.69, 9.17) is 4.74 Å². The predicted molar refractivity (Wildman–Crippen MR) is 72.8 cm³/mol. The van der Waals surface area contributed by atoms with E-state index in [0.717, 1.165) is 24.4 Å². The maximum atomic E-state index is 10.4. The van der Waals surface area contributed by atoms with Crippen LogP contribution in [0.2, 0.25) is 0 Å². The van der Waals surface area contributed by atoms with E-state index in [1.54, 1.807) is 0 Å². The van der Waals surface area contributed by atoms with Gasteiger partial charge in [0.25, 0.3) is 0 Å². The number of hydrogen-bond acceptors (Lipinski definition) is 3. The van der Waals surface area contributed by atoms with Gasteiger partial charge in [-0.05, 0) is 57.0 Å². The van der Waals surface area contributed by atoms with Gasteiger partial charge < -0.3 is 15.2 Å². The van der Waals surface area contributed by atoms with E-state index < -0.39 is 5.60 Å². The second-order valence-corrected chi connectivity index (χ2v) is 5.22. The molecule has 100 valence electrons. The van der Waals surface area contributed by atoms with Gasteiger partial charge in [-0.25, -0.2) is 0 Å². The van der Waals surface area contributed by atoms with Crippen molar-refractivity contribution in [2.75, 3.05) is 13.1 Å². The molecule has 0 spiro atoms. The smallest absolute Gasteiger partial charge is 0.119 e. The van der Waals surface area contributed by atoms with Gasteiger partial charge >= 0.3 is 0 Å². The van der Waals surface area contributed by atoms with Crippen LogP contribution in [-0.2, 0) is 5.60 Å². The lowest BCUT2D eigenvalue weighted by molar-refractivity contribution is 0.0481. The molecule has 0 radical (unpaired) electrons. The number of nitrogens with one attached hydrogen (secondary N) is 1. The molecule has 0 heterocycles. The van der Waals surface area contributed by atoms with E-state index in [2.05, 4.69) is 12.2 Å². The molecule has 3 heteroatoms. The van der Waals surface area contributed by atoms with Crippen LogP contribution in [0.5, 0.6) is 5.75 Å². The van der Waals surface area contributed by atoms with Gasteiger partial charge in [-0.2, -0.15) is 0 Å². The van der Waals surface area contributed by atoms with Crippen LogP contribution >= 0.6 is 0 Å². The average molecular weight is 249 g/mol. The number of hydrogen-bond donors (Lipinski definition) is 2. The van der Waals surface area contributed by atoms with Crippen LogP contribution in [0.4, 0.5) is 0 Å². The van der Waals surface area contributed by atoms with Gasteiger partial charge in [-0.15, -0.1) is 0 Å². The molecule has 0 aliphatic heterocycles. The zero-order chi connectivity index (χ0) is 13.0. The molecule has 1 aromatic carbocycles. The first-order chi connectivity index (χ1) is 8.62. The van der Waals surface area contributed by atoms with Gasteiger partial charge in [-0.1, -0.05) is 19.1 Å². The van der Waals surface area contributed by atoms with E-state index in [9.17, 15) is 5.11 Å². The first kappa shape index (κ1) is 13.4. The summed E-state index contributed by atoms with van der Waals surface area (Å²) in [7, 11) is 0. The van der Waals surface area contributed by atoms with Crippen LogP contribution < -0.4 is 10.1 Å². The third-order valence-electron chi connectivity index (χ3n) is 3.34. The zero-order valence-corrected chi connectivity index (χ0v) is 11.3. The monoisotopic (exact) mass is 249 g/mol. The highest BCUT2D eigenvalue weighted by Crippen LogP contribution is 2.29. The van der Waals surface area contributed by atoms with Crippen molar-refractivity contribution in [2.24, 2.45) is 0 Å². The Morgan fingerprint density at radius 3 is 2.56 bits per heavy atom. The molecule has 1 atom stereocenters. The van der Waals surface area contributed by atoms with Crippen LogP contribution in [0, 0.1) is 0 Å². The molecule has 0 amide bonds. The normalized spacial score (nSPS) is 18.4. The van der Waals surface area contributed by atoms with E-state index in [1.807, 2.05) is 31.2 Å². The first-order valence-electron chi connectivity index (χ1n) is 6.82. The SMILES string of the molecule is CCNCCC(C)(O)c1ccc(OC2CC2)cc1. The van der Waals surface area contributed by atoms with E-state index in [-0.39, 0.29) is 0 Å². The summed E-state index contributed by atoms with van der Waals surface area (Å²) in [6, 6.07) is 7.83. The van der Waals surface area contributed by atoms with Crippen molar-refractivity contribution in [3.63, 3.8) is 0 Å². The molecular weight excluding hydrogens is 226 g/mol. The number of aliphatic hydroxyl groups is 1. The molecule has 1 fully saturated rings. The van der Waals surface area contributed by atoms with Crippen molar-refractivity contribution >= 4 is 0 Å². The Labute approximate surface area is 109 Å². The molecule has 0 saturated heterocycles. The Hall–Kier alpha value is -1.06. The largest absolute Gasteiger partial charge is 0.490 e. The lowest BCUT2D eigenvalue weighted by Gasteiger charge is -2.24. The molecular formula is C15H23NO2. The summed E-state index contributed by atoms with van der Waals surface area (Å²) in [6.07, 6.45) is 3.47. The fourth-order valence-corrected chi connectivity index (χ4v) is 1.92. The van der Waals surface area contributed by atoms with Gasteiger partial charge in [0.15, 0.2) is 0 Å². The molecule has 1 aromatic rings. The lowest BCUT2D eigenvalue weighted by atomic mass is 9.92. The summed E-state index contributed by atoms with van der Waals surface area (Å²) in [4.78, 5) is 0. The third-order valence-corrected chi connectivity index (χ3v) is 3.34. The first-order valence-corrected chi connectivity index (χ1v) is 6.82. The Bertz CT molecular complexity index is 369. The Morgan fingerprint density at radius 2 is 2.00 bits per heavy atom. The van der Waals surface area contributed by atoms with E-state index in [0.29, 0.717) is 12.5 Å². The second-order valence-electron chi connectivity index (χ2n) is 5.22. The van der Waals surface area contributed by atoms with Crippen molar-refractivity contribution in [1.29, 1.82) is 0 Å². The number of ether oxygens (including phenoxy) is 1. The Balaban J connectivity index is 1.93. The van der Waals surface area contributed by atoms with Crippen LogP contribution in [-0.4, -0.2) is 24.3 Å². The number of benzene rings is 1. The summed E-state index contributed by atoms with van der Waals surface area (Å²) in [6.45, 7) is 5.69. The fraction of sp³-hybridized carbons (Fsp3) is 0.600. The van der Waals surface area contributed by atoms with Gasteiger partial charge in [0.2, 0.25) is 0 Å². The molecule has 1 aliphatic carbocycles.